The van der Waals surface area contributed by atoms with Crippen LogP contribution in [0.15, 0.2) is 29.2 Å². The maximum atomic E-state index is 12.8. The molecule has 1 fully saturated rings. The summed E-state index contributed by atoms with van der Waals surface area (Å²) in [6.45, 7) is 8.14. The zero-order chi connectivity index (χ0) is 19.3. The zero-order valence-electron chi connectivity index (χ0n) is 16.2. The molecule has 0 spiro atoms. The summed E-state index contributed by atoms with van der Waals surface area (Å²) < 4.78 is 27.3. The van der Waals surface area contributed by atoms with Gasteiger partial charge >= 0.3 is 0 Å². The molecule has 1 aromatic carbocycles. The van der Waals surface area contributed by atoms with Crippen LogP contribution in [0.2, 0.25) is 0 Å². The molecule has 0 aromatic heterocycles. The number of thiocarbonyl (C=S) groups is 1. The van der Waals surface area contributed by atoms with E-state index >= 15 is 0 Å². The Morgan fingerprint density at radius 3 is 2.23 bits per heavy atom. The van der Waals surface area contributed by atoms with Crippen molar-refractivity contribution < 1.29 is 13.3 Å². The topological polar surface area (TPSA) is 57.1 Å². The van der Waals surface area contributed by atoms with Crippen LogP contribution in [0.25, 0.3) is 0 Å². The summed E-state index contributed by atoms with van der Waals surface area (Å²) in [5, 5.41) is 3.97. The van der Waals surface area contributed by atoms with Crippen molar-refractivity contribution in [2.45, 2.75) is 24.7 Å². The Labute approximate surface area is 163 Å². The van der Waals surface area contributed by atoms with Gasteiger partial charge in [-0.15, -0.1) is 0 Å². The van der Waals surface area contributed by atoms with Gasteiger partial charge in [-0.05, 0) is 35.8 Å². The Balaban J connectivity index is 1.92. The van der Waals surface area contributed by atoms with Gasteiger partial charge in [-0.2, -0.15) is 4.31 Å². The molecule has 0 atom stereocenters. The van der Waals surface area contributed by atoms with Gasteiger partial charge in [0, 0.05) is 26.2 Å². The van der Waals surface area contributed by atoms with E-state index in [1.54, 1.807) is 16.4 Å². The van der Waals surface area contributed by atoms with Crippen LogP contribution < -0.4 is 10.2 Å². The molecule has 0 amide bonds. The number of sulfonamides is 1. The van der Waals surface area contributed by atoms with Gasteiger partial charge in [0.1, 0.15) is 0 Å². The summed E-state index contributed by atoms with van der Waals surface area (Å²) in [7, 11) is 0.756. The number of nitrogens with zero attached hydrogens (tertiary/aromatic N) is 2. The zero-order valence-corrected chi connectivity index (χ0v) is 17.8. The Bertz CT molecular complexity index is 694. The Kier molecular flexibility index (Phi) is 7.40. The van der Waals surface area contributed by atoms with E-state index in [2.05, 4.69) is 33.3 Å². The fourth-order valence-corrected chi connectivity index (χ4v) is 4.54. The number of likely N-dealkylation sites (N-methyl/N-ethyl adjacent to an activating group) is 1. The van der Waals surface area contributed by atoms with Crippen LogP contribution >= 0.6 is 12.2 Å². The van der Waals surface area contributed by atoms with Crippen LogP contribution in [0.5, 0.6) is 0 Å². The fourth-order valence-electron chi connectivity index (χ4n) is 2.84. The first-order valence-electron chi connectivity index (χ1n) is 9.13. The average molecular weight is 400 g/mol. The molecule has 8 heteroatoms. The van der Waals surface area contributed by atoms with Gasteiger partial charge in [-0.25, -0.2) is 8.42 Å². The first kappa shape index (κ1) is 21.1. The predicted molar refractivity (Wildman–Crippen MR) is 109 cm³/mol. The minimum atomic E-state index is -3.44. The van der Waals surface area contributed by atoms with Crippen molar-refractivity contribution >= 4 is 27.4 Å². The monoisotopic (exact) mass is 399 g/mol. The molecule has 1 aromatic rings. The lowest BCUT2D eigenvalue weighted by atomic mass is 10.0. The molecule has 1 saturated heterocycles. The van der Waals surface area contributed by atoms with Gasteiger partial charge in [0.05, 0.1) is 32.1 Å². The van der Waals surface area contributed by atoms with Crippen molar-refractivity contribution in [3.05, 3.63) is 29.8 Å². The number of hydrogen-bond acceptors (Lipinski definition) is 3. The number of benzene rings is 1. The maximum absolute atomic E-state index is 12.8. The summed E-state index contributed by atoms with van der Waals surface area (Å²) in [6.07, 6.45) is 0. The molecular weight excluding hydrogens is 368 g/mol. The van der Waals surface area contributed by atoms with Crippen molar-refractivity contribution in [1.29, 1.82) is 0 Å². The number of hydrogen-bond donors (Lipinski definition) is 2. The van der Waals surface area contributed by atoms with Crippen molar-refractivity contribution in [2.24, 2.45) is 0 Å². The lowest BCUT2D eigenvalue weighted by molar-refractivity contribution is -0.856. The molecule has 2 N–H and O–H groups in total. The molecule has 1 aliphatic rings. The molecule has 0 bridgehead atoms. The minimum Gasteiger partial charge on any atom is -0.357 e. The number of nitrogens with one attached hydrogen (secondary N) is 2. The second-order valence-electron chi connectivity index (χ2n) is 7.30. The van der Waals surface area contributed by atoms with Gasteiger partial charge in [0.15, 0.2) is 5.11 Å². The van der Waals surface area contributed by atoms with Crippen LogP contribution in [0.1, 0.15) is 25.3 Å². The molecule has 2 rings (SSSR count). The van der Waals surface area contributed by atoms with Crippen LogP contribution in [0, 0.1) is 0 Å². The van der Waals surface area contributed by atoms with E-state index in [0.29, 0.717) is 42.1 Å². The molecule has 0 unspecified atom stereocenters. The van der Waals surface area contributed by atoms with Crippen molar-refractivity contribution in [3.63, 3.8) is 0 Å². The Hall–Kier alpha value is -1.22. The van der Waals surface area contributed by atoms with Gasteiger partial charge in [-0.3, -0.25) is 0 Å². The van der Waals surface area contributed by atoms with E-state index < -0.39 is 10.0 Å². The fraction of sp³-hybridized carbons (Fsp3) is 0.611. The van der Waals surface area contributed by atoms with Crippen molar-refractivity contribution in [2.75, 3.05) is 53.4 Å². The average Bonchev–Trinajstić information content (AvgIpc) is 2.61. The highest BCUT2D eigenvalue weighted by Crippen LogP contribution is 2.21. The second-order valence-corrected chi connectivity index (χ2v) is 9.63. The lowest BCUT2D eigenvalue weighted by Gasteiger charge is -2.35. The molecule has 26 heavy (non-hydrogen) atoms. The van der Waals surface area contributed by atoms with E-state index in [9.17, 15) is 8.42 Å². The summed E-state index contributed by atoms with van der Waals surface area (Å²) in [6, 6.07) is 7.23. The van der Waals surface area contributed by atoms with Gasteiger partial charge in [0.25, 0.3) is 0 Å². The van der Waals surface area contributed by atoms with Crippen LogP contribution in [0.3, 0.4) is 0 Å². The van der Waals surface area contributed by atoms with E-state index in [0.717, 1.165) is 18.7 Å². The normalized spacial score (nSPS) is 16.3. The highest BCUT2D eigenvalue weighted by Gasteiger charge is 2.29. The van der Waals surface area contributed by atoms with E-state index in [-0.39, 0.29) is 0 Å². The SMILES string of the molecule is CC(C)c1ccc(S(=O)(=O)N2CCN(C(=S)NCC[NH+](C)C)CC2)cc1. The Morgan fingerprint density at radius 2 is 1.73 bits per heavy atom. The molecule has 146 valence electrons. The quantitative estimate of drug-likeness (QED) is 0.667. The molecular formula is C18H31N4O2S2+. The lowest BCUT2D eigenvalue weighted by Crippen LogP contribution is -3.06. The summed E-state index contributed by atoms with van der Waals surface area (Å²) in [5.41, 5.74) is 1.14. The summed E-state index contributed by atoms with van der Waals surface area (Å²) in [4.78, 5) is 3.78. The summed E-state index contributed by atoms with van der Waals surface area (Å²) in [5.74, 6) is 0.387. The smallest absolute Gasteiger partial charge is 0.243 e. The standard InChI is InChI=1S/C18H30N4O2S2/c1-15(2)16-5-7-17(8-6-16)26(23,24)22-13-11-21(12-14-22)18(25)19-9-10-20(3)4/h5-8,15H,9-14H2,1-4H3,(H,19,25)/p+1. The first-order valence-corrected chi connectivity index (χ1v) is 11.0. The first-order chi connectivity index (χ1) is 12.2. The van der Waals surface area contributed by atoms with Crippen LogP contribution in [0.4, 0.5) is 0 Å². The van der Waals surface area contributed by atoms with Crippen LogP contribution in [-0.4, -0.2) is 76.1 Å². The number of piperazine rings is 1. The third-order valence-corrected chi connectivity index (χ3v) is 6.93. The second kappa shape index (κ2) is 9.12. The van der Waals surface area contributed by atoms with Gasteiger partial charge < -0.3 is 15.1 Å². The molecule has 0 saturated carbocycles. The molecule has 1 aliphatic heterocycles. The van der Waals surface area contributed by atoms with Crippen LogP contribution in [-0.2, 0) is 10.0 Å². The van der Waals surface area contributed by atoms with Crippen molar-refractivity contribution in [1.82, 2.24) is 14.5 Å². The van der Waals surface area contributed by atoms with E-state index in [4.69, 9.17) is 12.2 Å². The predicted octanol–water partition coefficient (Wildman–Crippen LogP) is 0.135. The Morgan fingerprint density at radius 1 is 1.15 bits per heavy atom. The highest BCUT2D eigenvalue weighted by molar-refractivity contribution is 7.89. The molecule has 6 nitrogen and oxygen atoms in total. The van der Waals surface area contributed by atoms with Crippen molar-refractivity contribution in [3.8, 4) is 0 Å². The summed E-state index contributed by atoms with van der Waals surface area (Å²) >= 11 is 5.43. The highest BCUT2D eigenvalue weighted by atomic mass is 32.2. The third-order valence-electron chi connectivity index (χ3n) is 4.61. The number of quaternary nitrogens is 1. The third kappa shape index (κ3) is 5.39. The maximum Gasteiger partial charge on any atom is 0.243 e. The largest absolute Gasteiger partial charge is 0.357 e. The molecule has 0 radical (unpaired) electrons. The van der Waals surface area contributed by atoms with Gasteiger partial charge in [-0.1, -0.05) is 26.0 Å². The van der Waals surface area contributed by atoms with E-state index in [1.165, 1.54) is 4.90 Å². The van der Waals surface area contributed by atoms with E-state index in [1.807, 2.05) is 17.0 Å². The molecule has 0 aliphatic carbocycles. The van der Waals surface area contributed by atoms with Gasteiger partial charge in [0.2, 0.25) is 10.0 Å². The number of rotatable bonds is 6. The molecule has 1 heterocycles. The minimum absolute atomic E-state index is 0.366.